The lowest BCUT2D eigenvalue weighted by atomic mass is 10.1. The Bertz CT molecular complexity index is 425. The first kappa shape index (κ1) is 14.4. The zero-order chi connectivity index (χ0) is 13.8. The molecule has 5 heteroatoms. The Hall–Kier alpha value is -1.62. The summed E-state index contributed by atoms with van der Waals surface area (Å²) in [6.07, 6.45) is 0. The molecule has 0 aliphatic heterocycles. The summed E-state index contributed by atoms with van der Waals surface area (Å²) in [7, 11) is 0. The molecule has 0 aromatic heterocycles. The molecule has 0 saturated heterocycles. The Kier molecular flexibility index (Phi) is 4.67. The number of nitro benzene ring substituents is 1. The highest BCUT2D eigenvalue weighted by Gasteiger charge is 2.16. The molecule has 1 aromatic carbocycles. The number of nitrogens with zero attached hydrogens (tertiary/aromatic N) is 1. The van der Waals surface area contributed by atoms with Gasteiger partial charge < -0.3 is 10.1 Å². The van der Waals surface area contributed by atoms with Crippen molar-refractivity contribution in [2.45, 2.75) is 39.8 Å². The topological polar surface area (TPSA) is 64.4 Å². The lowest BCUT2D eigenvalue weighted by molar-refractivity contribution is -0.385. The van der Waals surface area contributed by atoms with Crippen molar-refractivity contribution in [2.75, 3.05) is 6.61 Å². The Morgan fingerprint density at radius 3 is 2.56 bits per heavy atom. The van der Waals surface area contributed by atoms with Gasteiger partial charge in [-0.05, 0) is 39.3 Å². The predicted molar refractivity (Wildman–Crippen MR) is 70.9 cm³/mol. The number of ether oxygens (including phenoxy) is 1. The lowest BCUT2D eigenvalue weighted by Crippen LogP contribution is -2.35. The first-order chi connectivity index (χ1) is 8.33. The average Bonchev–Trinajstić information content (AvgIpc) is 2.25. The molecule has 0 spiro atoms. The lowest BCUT2D eigenvalue weighted by Gasteiger charge is -2.20. The SMILES string of the molecule is CCOc1cc(CNC(C)(C)C)ccc1[N+](=O)[O-]. The van der Waals surface area contributed by atoms with Crippen molar-refractivity contribution in [3.63, 3.8) is 0 Å². The van der Waals surface area contributed by atoms with Gasteiger partial charge in [0, 0.05) is 18.2 Å². The number of hydrogen-bond donors (Lipinski definition) is 1. The summed E-state index contributed by atoms with van der Waals surface area (Å²) in [4.78, 5) is 10.4. The van der Waals surface area contributed by atoms with Crippen LogP contribution in [-0.2, 0) is 6.54 Å². The molecular formula is C13H20N2O3. The number of hydrogen-bond acceptors (Lipinski definition) is 4. The normalized spacial score (nSPS) is 11.3. The summed E-state index contributed by atoms with van der Waals surface area (Å²) in [5, 5.41) is 14.2. The molecule has 1 N–H and O–H groups in total. The first-order valence-electron chi connectivity index (χ1n) is 5.98. The van der Waals surface area contributed by atoms with Crippen molar-refractivity contribution >= 4 is 5.69 Å². The molecule has 0 radical (unpaired) electrons. The van der Waals surface area contributed by atoms with Crippen molar-refractivity contribution in [1.82, 2.24) is 5.32 Å². The number of nitro groups is 1. The zero-order valence-corrected chi connectivity index (χ0v) is 11.3. The van der Waals surface area contributed by atoms with E-state index in [0.717, 1.165) is 5.56 Å². The van der Waals surface area contributed by atoms with E-state index in [4.69, 9.17) is 4.74 Å². The third-order valence-corrected chi connectivity index (χ3v) is 2.34. The second-order valence-electron chi connectivity index (χ2n) is 5.10. The molecule has 5 nitrogen and oxygen atoms in total. The van der Waals surface area contributed by atoms with Crippen LogP contribution in [0.5, 0.6) is 5.75 Å². The second-order valence-corrected chi connectivity index (χ2v) is 5.10. The first-order valence-corrected chi connectivity index (χ1v) is 5.98. The van der Waals surface area contributed by atoms with Crippen molar-refractivity contribution in [1.29, 1.82) is 0 Å². The van der Waals surface area contributed by atoms with Crippen LogP contribution >= 0.6 is 0 Å². The smallest absolute Gasteiger partial charge is 0.310 e. The van der Waals surface area contributed by atoms with E-state index in [1.54, 1.807) is 12.1 Å². The van der Waals surface area contributed by atoms with Gasteiger partial charge in [0.05, 0.1) is 11.5 Å². The monoisotopic (exact) mass is 252 g/mol. The van der Waals surface area contributed by atoms with Crippen molar-refractivity contribution in [3.8, 4) is 5.75 Å². The number of nitrogens with one attached hydrogen (secondary N) is 1. The molecule has 0 amide bonds. The molecule has 0 heterocycles. The maximum absolute atomic E-state index is 10.8. The van der Waals surface area contributed by atoms with Crippen LogP contribution in [0.3, 0.4) is 0 Å². The van der Waals surface area contributed by atoms with Gasteiger partial charge in [0.25, 0.3) is 0 Å². The minimum atomic E-state index is -0.425. The van der Waals surface area contributed by atoms with E-state index in [9.17, 15) is 10.1 Å². The Morgan fingerprint density at radius 1 is 1.39 bits per heavy atom. The summed E-state index contributed by atoms with van der Waals surface area (Å²) in [6.45, 7) is 9.09. The minimum absolute atomic E-state index is 0.00749. The van der Waals surface area contributed by atoms with Gasteiger partial charge >= 0.3 is 5.69 Å². The largest absolute Gasteiger partial charge is 0.487 e. The zero-order valence-electron chi connectivity index (χ0n) is 11.3. The fourth-order valence-electron chi connectivity index (χ4n) is 1.46. The molecule has 0 aliphatic rings. The van der Waals surface area contributed by atoms with Crippen molar-refractivity contribution in [3.05, 3.63) is 33.9 Å². The van der Waals surface area contributed by atoms with Crippen LogP contribution in [0.1, 0.15) is 33.3 Å². The van der Waals surface area contributed by atoms with Crippen LogP contribution in [0.25, 0.3) is 0 Å². The highest BCUT2D eigenvalue weighted by molar-refractivity contribution is 5.48. The molecular weight excluding hydrogens is 232 g/mol. The Labute approximate surface area is 107 Å². The molecule has 1 aromatic rings. The molecule has 0 unspecified atom stereocenters. The number of benzene rings is 1. The van der Waals surface area contributed by atoms with Crippen LogP contribution in [0.4, 0.5) is 5.69 Å². The van der Waals surface area contributed by atoms with E-state index in [1.165, 1.54) is 6.07 Å². The summed E-state index contributed by atoms with van der Waals surface area (Å²) in [6, 6.07) is 4.96. The fourth-order valence-corrected chi connectivity index (χ4v) is 1.46. The maximum Gasteiger partial charge on any atom is 0.310 e. The van der Waals surface area contributed by atoms with Gasteiger partial charge in [0.1, 0.15) is 0 Å². The predicted octanol–water partition coefficient (Wildman–Crippen LogP) is 2.88. The quantitative estimate of drug-likeness (QED) is 0.646. The van der Waals surface area contributed by atoms with Gasteiger partial charge in [-0.3, -0.25) is 10.1 Å². The van der Waals surface area contributed by atoms with Crippen LogP contribution in [-0.4, -0.2) is 17.1 Å². The van der Waals surface area contributed by atoms with Gasteiger partial charge in [-0.25, -0.2) is 0 Å². The fraction of sp³-hybridized carbons (Fsp3) is 0.538. The Balaban J connectivity index is 2.89. The van der Waals surface area contributed by atoms with Gasteiger partial charge in [-0.1, -0.05) is 6.07 Å². The maximum atomic E-state index is 10.8. The second kappa shape index (κ2) is 5.82. The summed E-state index contributed by atoms with van der Waals surface area (Å²) >= 11 is 0. The van der Waals surface area contributed by atoms with E-state index >= 15 is 0 Å². The minimum Gasteiger partial charge on any atom is -0.487 e. The van der Waals surface area contributed by atoms with Gasteiger partial charge in [-0.15, -0.1) is 0 Å². The summed E-state index contributed by atoms with van der Waals surface area (Å²) in [5.41, 5.74) is 0.989. The van der Waals surface area contributed by atoms with Gasteiger partial charge in [-0.2, -0.15) is 0 Å². The van der Waals surface area contributed by atoms with Crippen molar-refractivity contribution in [2.24, 2.45) is 0 Å². The van der Waals surface area contributed by atoms with Crippen molar-refractivity contribution < 1.29 is 9.66 Å². The molecule has 100 valence electrons. The standard InChI is InChI=1S/C13H20N2O3/c1-5-18-12-8-10(9-14-13(2,3)4)6-7-11(12)15(16)17/h6-8,14H,5,9H2,1-4H3. The molecule has 18 heavy (non-hydrogen) atoms. The number of rotatable bonds is 5. The van der Waals surface area contributed by atoms with Crippen LogP contribution < -0.4 is 10.1 Å². The van der Waals surface area contributed by atoms with E-state index in [0.29, 0.717) is 18.9 Å². The Morgan fingerprint density at radius 2 is 2.06 bits per heavy atom. The third-order valence-electron chi connectivity index (χ3n) is 2.34. The van der Waals surface area contributed by atoms with Crippen LogP contribution in [0.2, 0.25) is 0 Å². The summed E-state index contributed by atoms with van der Waals surface area (Å²) < 4.78 is 5.30. The van der Waals surface area contributed by atoms with E-state index < -0.39 is 4.92 Å². The van der Waals surface area contributed by atoms with E-state index in [2.05, 4.69) is 26.1 Å². The molecule has 0 atom stereocenters. The molecule has 0 bridgehead atoms. The molecule has 0 saturated carbocycles. The molecule has 0 fully saturated rings. The molecule has 0 aliphatic carbocycles. The molecule has 1 rings (SSSR count). The van der Waals surface area contributed by atoms with Crippen LogP contribution in [0.15, 0.2) is 18.2 Å². The van der Waals surface area contributed by atoms with Gasteiger partial charge in [0.2, 0.25) is 0 Å². The van der Waals surface area contributed by atoms with E-state index in [1.807, 2.05) is 6.92 Å². The highest BCUT2D eigenvalue weighted by atomic mass is 16.6. The summed E-state index contributed by atoms with van der Waals surface area (Å²) in [5.74, 6) is 0.329. The van der Waals surface area contributed by atoms with Crippen LogP contribution in [0, 0.1) is 10.1 Å². The average molecular weight is 252 g/mol. The third kappa shape index (κ3) is 4.33. The van der Waals surface area contributed by atoms with E-state index in [-0.39, 0.29) is 11.2 Å². The van der Waals surface area contributed by atoms with Gasteiger partial charge in [0.15, 0.2) is 5.75 Å². The highest BCUT2D eigenvalue weighted by Crippen LogP contribution is 2.28.